The quantitative estimate of drug-likeness (QED) is 0.910. The molecular formula is C16H19ClN2. The summed E-state index contributed by atoms with van der Waals surface area (Å²) in [5.74, 6) is 0. The van der Waals surface area contributed by atoms with Gasteiger partial charge < -0.3 is 10.6 Å². The standard InChI is InChI=1S/C16H19ClN2/c1-11-7-12(2)9-13(8-11)19(3)16-6-4-5-15(17)14(16)10-18/h4-9H,10,18H2,1-3H3. The fourth-order valence-corrected chi connectivity index (χ4v) is 2.59. The molecule has 2 N–H and O–H groups in total. The van der Waals surface area contributed by atoms with Gasteiger partial charge in [0.05, 0.1) is 0 Å². The van der Waals surface area contributed by atoms with Gasteiger partial charge in [-0.15, -0.1) is 0 Å². The minimum atomic E-state index is 0.435. The minimum absolute atomic E-state index is 0.435. The Morgan fingerprint density at radius 1 is 1.11 bits per heavy atom. The van der Waals surface area contributed by atoms with Crippen molar-refractivity contribution in [2.75, 3.05) is 11.9 Å². The van der Waals surface area contributed by atoms with E-state index in [1.54, 1.807) is 0 Å². The molecule has 0 aliphatic carbocycles. The van der Waals surface area contributed by atoms with E-state index in [1.165, 1.54) is 11.1 Å². The molecule has 0 unspecified atom stereocenters. The molecule has 0 spiro atoms. The molecule has 0 radical (unpaired) electrons. The molecule has 19 heavy (non-hydrogen) atoms. The number of halogens is 1. The van der Waals surface area contributed by atoms with Crippen LogP contribution in [0.25, 0.3) is 0 Å². The third kappa shape index (κ3) is 2.91. The van der Waals surface area contributed by atoms with Crippen LogP contribution in [0, 0.1) is 13.8 Å². The van der Waals surface area contributed by atoms with E-state index in [9.17, 15) is 0 Å². The van der Waals surface area contributed by atoms with Gasteiger partial charge >= 0.3 is 0 Å². The lowest BCUT2D eigenvalue weighted by molar-refractivity contribution is 1.05. The Hall–Kier alpha value is -1.51. The van der Waals surface area contributed by atoms with Crippen molar-refractivity contribution in [1.82, 2.24) is 0 Å². The van der Waals surface area contributed by atoms with Crippen LogP contribution in [0.3, 0.4) is 0 Å². The van der Waals surface area contributed by atoms with E-state index in [-0.39, 0.29) is 0 Å². The number of aryl methyl sites for hydroxylation is 2. The largest absolute Gasteiger partial charge is 0.344 e. The second kappa shape index (κ2) is 5.64. The molecule has 100 valence electrons. The van der Waals surface area contributed by atoms with Crippen molar-refractivity contribution < 1.29 is 0 Å². The van der Waals surface area contributed by atoms with E-state index < -0.39 is 0 Å². The van der Waals surface area contributed by atoms with Gasteiger partial charge in [0.15, 0.2) is 0 Å². The summed E-state index contributed by atoms with van der Waals surface area (Å²) in [7, 11) is 2.04. The summed E-state index contributed by atoms with van der Waals surface area (Å²) in [6, 6.07) is 12.4. The van der Waals surface area contributed by atoms with E-state index in [0.717, 1.165) is 22.0 Å². The van der Waals surface area contributed by atoms with Gasteiger partial charge in [-0.2, -0.15) is 0 Å². The van der Waals surface area contributed by atoms with Crippen LogP contribution in [0.4, 0.5) is 11.4 Å². The van der Waals surface area contributed by atoms with Crippen molar-refractivity contribution in [3.05, 3.63) is 58.1 Å². The van der Waals surface area contributed by atoms with Crippen LogP contribution in [0.15, 0.2) is 36.4 Å². The van der Waals surface area contributed by atoms with E-state index in [0.29, 0.717) is 6.54 Å². The molecule has 0 amide bonds. The zero-order valence-corrected chi connectivity index (χ0v) is 12.3. The molecule has 0 heterocycles. The van der Waals surface area contributed by atoms with Crippen molar-refractivity contribution in [2.24, 2.45) is 5.73 Å². The van der Waals surface area contributed by atoms with Crippen molar-refractivity contribution in [1.29, 1.82) is 0 Å². The monoisotopic (exact) mass is 274 g/mol. The maximum atomic E-state index is 6.22. The first kappa shape index (κ1) is 13.9. The molecule has 0 bridgehead atoms. The van der Waals surface area contributed by atoms with Crippen LogP contribution < -0.4 is 10.6 Å². The van der Waals surface area contributed by atoms with E-state index in [1.807, 2.05) is 25.2 Å². The lowest BCUT2D eigenvalue weighted by Crippen LogP contribution is -2.14. The third-order valence-corrected chi connectivity index (χ3v) is 3.61. The first-order valence-corrected chi connectivity index (χ1v) is 6.70. The number of hydrogen-bond acceptors (Lipinski definition) is 2. The van der Waals surface area contributed by atoms with Crippen LogP contribution in [0.2, 0.25) is 5.02 Å². The fraction of sp³-hybridized carbons (Fsp3) is 0.250. The number of nitrogens with two attached hydrogens (primary N) is 1. The highest BCUT2D eigenvalue weighted by molar-refractivity contribution is 6.31. The van der Waals surface area contributed by atoms with Gasteiger partial charge in [0.2, 0.25) is 0 Å². The highest BCUT2D eigenvalue weighted by atomic mass is 35.5. The predicted molar refractivity (Wildman–Crippen MR) is 83.3 cm³/mol. The number of nitrogens with zero attached hydrogens (tertiary/aromatic N) is 1. The smallest absolute Gasteiger partial charge is 0.0471 e. The molecule has 0 aromatic heterocycles. The molecule has 0 atom stereocenters. The fourth-order valence-electron chi connectivity index (χ4n) is 2.35. The van der Waals surface area contributed by atoms with Crippen molar-refractivity contribution in [3.8, 4) is 0 Å². The third-order valence-electron chi connectivity index (χ3n) is 3.25. The van der Waals surface area contributed by atoms with Crippen LogP contribution in [0.5, 0.6) is 0 Å². The summed E-state index contributed by atoms with van der Waals surface area (Å²) in [6.07, 6.45) is 0. The first-order valence-electron chi connectivity index (χ1n) is 6.32. The zero-order chi connectivity index (χ0) is 14.0. The van der Waals surface area contributed by atoms with Gasteiger partial charge in [-0.25, -0.2) is 0 Å². The van der Waals surface area contributed by atoms with Crippen molar-refractivity contribution in [2.45, 2.75) is 20.4 Å². The molecule has 3 heteroatoms. The van der Waals surface area contributed by atoms with Gasteiger partial charge in [-0.3, -0.25) is 0 Å². The summed E-state index contributed by atoms with van der Waals surface area (Å²) in [5, 5.41) is 0.719. The van der Waals surface area contributed by atoms with E-state index in [2.05, 4.69) is 36.9 Å². The van der Waals surface area contributed by atoms with E-state index in [4.69, 9.17) is 17.3 Å². The highest BCUT2D eigenvalue weighted by Crippen LogP contribution is 2.32. The summed E-state index contributed by atoms with van der Waals surface area (Å²) >= 11 is 6.22. The molecule has 2 rings (SSSR count). The normalized spacial score (nSPS) is 10.6. The topological polar surface area (TPSA) is 29.3 Å². The first-order chi connectivity index (χ1) is 9.02. The van der Waals surface area contributed by atoms with Crippen LogP contribution in [-0.2, 0) is 6.54 Å². The Morgan fingerprint density at radius 3 is 2.32 bits per heavy atom. The van der Waals surface area contributed by atoms with Crippen LogP contribution >= 0.6 is 11.6 Å². The molecular weight excluding hydrogens is 256 g/mol. The zero-order valence-electron chi connectivity index (χ0n) is 11.6. The Labute approximate surface area is 119 Å². The average Bonchev–Trinajstić information content (AvgIpc) is 2.36. The predicted octanol–water partition coefficient (Wildman–Crippen LogP) is 4.18. The number of benzene rings is 2. The Bertz CT molecular complexity index is 573. The van der Waals surface area contributed by atoms with Gasteiger partial charge in [0, 0.05) is 35.6 Å². The molecule has 2 aromatic rings. The molecule has 0 aliphatic rings. The minimum Gasteiger partial charge on any atom is -0.344 e. The summed E-state index contributed by atoms with van der Waals surface area (Å²) in [4.78, 5) is 2.13. The molecule has 0 saturated heterocycles. The average molecular weight is 275 g/mol. The van der Waals surface area contributed by atoms with Crippen molar-refractivity contribution in [3.63, 3.8) is 0 Å². The van der Waals surface area contributed by atoms with Crippen molar-refractivity contribution >= 4 is 23.0 Å². The van der Waals surface area contributed by atoms with Gasteiger partial charge in [0.1, 0.15) is 0 Å². The molecule has 0 saturated carbocycles. The molecule has 2 nitrogen and oxygen atoms in total. The van der Waals surface area contributed by atoms with E-state index >= 15 is 0 Å². The number of rotatable bonds is 3. The highest BCUT2D eigenvalue weighted by Gasteiger charge is 2.11. The SMILES string of the molecule is Cc1cc(C)cc(N(C)c2cccc(Cl)c2CN)c1. The molecule has 0 fully saturated rings. The molecule has 0 aliphatic heterocycles. The molecule has 2 aromatic carbocycles. The lowest BCUT2D eigenvalue weighted by Gasteiger charge is -2.23. The summed E-state index contributed by atoms with van der Waals surface area (Å²) in [6.45, 7) is 4.64. The Kier molecular flexibility index (Phi) is 4.13. The van der Waals surface area contributed by atoms with Gasteiger partial charge in [0.25, 0.3) is 0 Å². The second-order valence-electron chi connectivity index (χ2n) is 4.85. The lowest BCUT2D eigenvalue weighted by atomic mass is 10.1. The summed E-state index contributed by atoms with van der Waals surface area (Å²) in [5.41, 5.74) is 11.5. The van der Waals surface area contributed by atoms with Gasteiger partial charge in [-0.1, -0.05) is 23.7 Å². The summed E-state index contributed by atoms with van der Waals surface area (Å²) < 4.78 is 0. The number of anilines is 2. The maximum absolute atomic E-state index is 6.22. The Balaban J connectivity index is 2.49. The van der Waals surface area contributed by atoms with Gasteiger partial charge in [-0.05, 0) is 49.2 Å². The van der Waals surface area contributed by atoms with Crippen LogP contribution in [0.1, 0.15) is 16.7 Å². The number of hydrogen-bond donors (Lipinski definition) is 1. The Morgan fingerprint density at radius 2 is 1.74 bits per heavy atom. The van der Waals surface area contributed by atoms with Crippen LogP contribution in [-0.4, -0.2) is 7.05 Å². The second-order valence-corrected chi connectivity index (χ2v) is 5.25. The maximum Gasteiger partial charge on any atom is 0.0471 e.